The number of nitrogens with zero attached hydrogens (tertiary/aromatic N) is 1. The smallest absolute Gasteiger partial charge is 0.284 e. The molecule has 68 valence electrons. The van der Waals surface area contributed by atoms with Gasteiger partial charge >= 0.3 is 0 Å². The molecular formula is C7H7N3O3. The predicted octanol–water partition coefficient (Wildman–Crippen LogP) is 0.276. The molecule has 0 saturated heterocycles. The van der Waals surface area contributed by atoms with Crippen molar-refractivity contribution in [2.75, 3.05) is 5.73 Å². The van der Waals surface area contributed by atoms with Crippen molar-refractivity contribution in [2.24, 2.45) is 5.73 Å². The zero-order chi connectivity index (χ0) is 10.0. The van der Waals surface area contributed by atoms with Crippen molar-refractivity contribution in [3.63, 3.8) is 0 Å². The van der Waals surface area contributed by atoms with Gasteiger partial charge in [-0.15, -0.1) is 0 Å². The number of carbonyl (C=O) groups excluding carboxylic acids is 1. The zero-order valence-corrected chi connectivity index (χ0v) is 6.56. The Morgan fingerprint density at radius 1 is 1.46 bits per heavy atom. The minimum absolute atomic E-state index is 0.0155. The van der Waals surface area contributed by atoms with E-state index in [0.717, 1.165) is 0 Å². The summed E-state index contributed by atoms with van der Waals surface area (Å²) in [5, 5.41) is 10.4. The number of amides is 1. The first-order valence-corrected chi connectivity index (χ1v) is 3.36. The fourth-order valence-corrected chi connectivity index (χ4v) is 0.978. The Labute approximate surface area is 73.3 Å². The largest absolute Gasteiger partial charge is 0.398 e. The van der Waals surface area contributed by atoms with Gasteiger partial charge in [0.2, 0.25) is 0 Å². The first-order valence-electron chi connectivity index (χ1n) is 3.36. The van der Waals surface area contributed by atoms with Crippen molar-refractivity contribution in [3.8, 4) is 0 Å². The highest BCUT2D eigenvalue weighted by Crippen LogP contribution is 2.22. The maximum atomic E-state index is 10.8. The van der Waals surface area contributed by atoms with E-state index in [1.807, 2.05) is 0 Å². The maximum absolute atomic E-state index is 10.8. The van der Waals surface area contributed by atoms with E-state index in [-0.39, 0.29) is 16.9 Å². The SMILES string of the molecule is NC(=O)c1c(N)cccc1[N+](=O)[O-]. The molecule has 0 spiro atoms. The number of hydrogen-bond donors (Lipinski definition) is 2. The second-order valence-electron chi connectivity index (χ2n) is 2.36. The van der Waals surface area contributed by atoms with Crippen molar-refractivity contribution in [1.82, 2.24) is 0 Å². The Balaban J connectivity index is 3.43. The Morgan fingerprint density at radius 3 is 2.46 bits per heavy atom. The van der Waals surface area contributed by atoms with Crippen LogP contribution in [-0.2, 0) is 0 Å². The van der Waals surface area contributed by atoms with Crippen molar-refractivity contribution in [1.29, 1.82) is 0 Å². The van der Waals surface area contributed by atoms with Gasteiger partial charge in [0.05, 0.1) is 10.6 Å². The molecule has 13 heavy (non-hydrogen) atoms. The molecule has 0 aliphatic rings. The number of benzene rings is 1. The summed E-state index contributed by atoms with van der Waals surface area (Å²) in [6.07, 6.45) is 0. The van der Waals surface area contributed by atoms with Crippen LogP contribution >= 0.6 is 0 Å². The third-order valence-electron chi connectivity index (χ3n) is 1.52. The lowest BCUT2D eigenvalue weighted by Gasteiger charge is -2.01. The second-order valence-corrected chi connectivity index (χ2v) is 2.36. The molecule has 4 N–H and O–H groups in total. The quantitative estimate of drug-likeness (QED) is 0.387. The molecule has 0 atom stereocenters. The highest BCUT2D eigenvalue weighted by molar-refractivity contribution is 6.01. The van der Waals surface area contributed by atoms with Crippen LogP contribution in [0.5, 0.6) is 0 Å². The summed E-state index contributed by atoms with van der Waals surface area (Å²) in [6, 6.07) is 3.95. The molecule has 0 saturated carbocycles. The number of rotatable bonds is 2. The first kappa shape index (κ1) is 8.98. The van der Waals surface area contributed by atoms with Gasteiger partial charge in [0.25, 0.3) is 11.6 Å². The van der Waals surface area contributed by atoms with Crippen LogP contribution in [0.15, 0.2) is 18.2 Å². The van der Waals surface area contributed by atoms with E-state index in [4.69, 9.17) is 11.5 Å². The van der Waals surface area contributed by atoms with E-state index >= 15 is 0 Å². The summed E-state index contributed by atoms with van der Waals surface area (Å²) in [5.41, 5.74) is 9.69. The molecular weight excluding hydrogens is 174 g/mol. The van der Waals surface area contributed by atoms with Crippen LogP contribution in [-0.4, -0.2) is 10.8 Å². The molecule has 0 fully saturated rings. The van der Waals surface area contributed by atoms with Crippen LogP contribution in [0.3, 0.4) is 0 Å². The molecule has 0 aromatic heterocycles. The first-order chi connectivity index (χ1) is 6.04. The highest BCUT2D eigenvalue weighted by atomic mass is 16.6. The molecule has 6 heteroatoms. The summed E-state index contributed by atoms with van der Waals surface area (Å²) in [6.45, 7) is 0. The van der Waals surface area contributed by atoms with Crippen molar-refractivity contribution in [3.05, 3.63) is 33.9 Å². The molecule has 1 rings (SSSR count). The van der Waals surface area contributed by atoms with Crippen molar-refractivity contribution >= 4 is 17.3 Å². The van der Waals surface area contributed by atoms with Gasteiger partial charge < -0.3 is 11.5 Å². The molecule has 0 radical (unpaired) electrons. The van der Waals surface area contributed by atoms with Gasteiger partial charge in [0, 0.05) is 6.07 Å². The van der Waals surface area contributed by atoms with Crippen LogP contribution in [0, 0.1) is 10.1 Å². The third-order valence-corrected chi connectivity index (χ3v) is 1.52. The fourth-order valence-electron chi connectivity index (χ4n) is 0.978. The lowest BCUT2D eigenvalue weighted by molar-refractivity contribution is -0.385. The molecule has 0 aliphatic carbocycles. The number of carbonyl (C=O) groups is 1. The summed E-state index contributed by atoms with van der Waals surface area (Å²) < 4.78 is 0. The number of nitro groups is 1. The van der Waals surface area contributed by atoms with Gasteiger partial charge in [-0.1, -0.05) is 6.07 Å². The van der Waals surface area contributed by atoms with Crippen LogP contribution < -0.4 is 11.5 Å². The van der Waals surface area contributed by atoms with E-state index < -0.39 is 10.8 Å². The molecule has 0 aliphatic heterocycles. The minimum Gasteiger partial charge on any atom is -0.398 e. The van der Waals surface area contributed by atoms with Gasteiger partial charge in [-0.25, -0.2) is 0 Å². The zero-order valence-electron chi connectivity index (χ0n) is 6.56. The van der Waals surface area contributed by atoms with Crippen molar-refractivity contribution < 1.29 is 9.72 Å². The normalized spacial score (nSPS) is 9.54. The monoisotopic (exact) mass is 181 g/mol. The molecule has 6 nitrogen and oxygen atoms in total. The van der Waals surface area contributed by atoms with Crippen LogP contribution in [0.25, 0.3) is 0 Å². The molecule has 0 heterocycles. The van der Waals surface area contributed by atoms with Crippen LogP contribution in [0.1, 0.15) is 10.4 Å². The molecule has 1 aromatic carbocycles. The lowest BCUT2D eigenvalue weighted by Crippen LogP contribution is -2.15. The Hall–Kier alpha value is -2.11. The number of nitro benzene ring substituents is 1. The number of primary amides is 1. The van der Waals surface area contributed by atoms with E-state index in [1.165, 1.54) is 18.2 Å². The van der Waals surface area contributed by atoms with Gasteiger partial charge in [-0.05, 0) is 6.07 Å². The fraction of sp³-hybridized carbons (Fsp3) is 0. The Bertz CT molecular complexity index is 375. The van der Waals surface area contributed by atoms with Gasteiger partial charge in [-0.2, -0.15) is 0 Å². The number of nitrogens with two attached hydrogens (primary N) is 2. The average molecular weight is 181 g/mol. The summed E-state index contributed by atoms with van der Waals surface area (Å²) in [4.78, 5) is 20.5. The molecule has 0 unspecified atom stereocenters. The second kappa shape index (κ2) is 3.10. The lowest BCUT2D eigenvalue weighted by atomic mass is 10.1. The topological polar surface area (TPSA) is 112 Å². The van der Waals surface area contributed by atoms with Gasteiger partial charge in [0.1, 0.15) is 5.56 Å². The molecule has 0 bridgehead atoms. The Kier molecular flexibility index (Phi) is 2.14. The van der Waals surface area contributed by atoms with E-state index in [1.54, 1.807) is 0 Å². The van der Waals surface area contributed by atoms with Gasteiger partial charge in [0.15, 0.2) is 0 Å². The summed E-state index contributed by atoms with van der Waals surface area (Å²) in [7, 11) is 0. The third kappa shape index (κ3) is 1.56. The predicted molar refractivity (Wildman–Crippen MR) is 46.0 cm³/mol. The molecule has 1 aromatic rings. The summed E-state index contributed by atoms with van der Waals surface area (Å²) >= 11 is 0. The van der Waals surface area contributed by atoms with Crippen LogP contribution in [0.2, 0.25) is 0 Å². The van der Waals surface area contributed by atoms with Gasteiger partial charge in [-0.3, -0.25) is 14.9 Å². The standard InChI is InChI=1S/C7H7N3O3/c8-4-2-1-3-5(10(12)13)6(4)7(9)11/h1-3H,8H2,(H2,9,11). The van der Waals surface area contributed by atoms with Crippen molar-refractivity contribution in [2.45, 2.75) is 0 Å². The summed E-state index contributed by atoms with van der Waals surface area (Å²) in [5.74, 6) is -0.898. The Morgan fingerprint density at radius 2 is 2.08 bits per heavy atom. The number of nitrogen functional groups attached to an aromatic ring is 1. The number of anilines is 1. The molecule has 1 amide bonds. The highest BCUT2D eigenvalue weighted by Gasteiger charge is 2.19. The van der Waals surface area contributed by atoms with E-state index in [0.29, 0.717) is 0 Å². The van der Waals surface area contributed by atoms with Crippen LogP contribution in [0.4, 0.5) is 11.4 Å². The van der Waals surface area contributed by atoms with E-state index in [2.05, 4.69) is 0 Å². The van der Waals surface area contributed by atoms with E-state index in [9.17, 15) is 14.9 Å². The minimum atomic E-state index is -0.898. The maximum Gasteiger partial charge on any atom is 0.284 e. The number of hydrogen-bond acceptors (Lipinski definition) is 4. The average Bonchev–Trinajstić information content (AvgIpc) is 2.02.